The summed E-state index contributed by atoms with van der Waals surface area (Å²) in [5.41, 5.74) is 0. The molecule has 0 heterocycles. The number of hydrogen-bond donors (Lipinski definition) is 3. The maximum atomic E-state index is 13.1. The third-order valence-electron chi connectivity index (χ3n) is 17.4. The number of aliphatic hydroxyl groups is 1. The minimum atomic E-state index is -4.96. The van der Waals surface area contributed by atoms with Crippen LogP contribution in [0.5, 0.6) is 0 Å². The van der Waals surface area contributed by atoms with E-state index in [1.807, 2.05) is 0 Å². The molecule has 3 unspecified atom stereocenters. The molecule has 0 aromatic carbocycles. The molecule has 0 amide bonds. The van der Waals surface area contributed by atoms with Gasteiger partial charge in [-0.15, -0.1) is 0 Å². The van der Waals surface area contributed by atoms with Crippen LogP contribution in [0.25, 0.3) is 0 Å². The van der Waals surface area contributed by atoms with Crippen LogP contribution in [-0.2, 0) is 65.4 Å². The fourth-order valence-corrected chi connectivity index (χ4v) is 12.6. The van der Waals surface area contributed by atoms with Crippen molar-refractivity contribution in [3.8, 4) is 0 Å². The van der Waals surface area contributed by atoms with Crippen LogP contribution in [0.15, 0.2) is 24.3 Å². The number of rotatable bonds is 72. The van der Waals surface area contributed by atoms with Gasteiger partial charge in [-0.2, -0.15) is 0 Å². The van der Waals surface area contributed by atoms with Gasteiger partial charge >= 0.3 is 39.5 Å². The van der Waals surface area contributed by atoms with Crippen molar-refractivity contribution in [2.45, 2.75) is 381 Å². The monoisotopic (exact) mass is 1390 g/mol. The summed E-state index contributed by atoms with van der Waals surface area (Å²) in [5, 5.41) is 10.6. The maximum Gasteiger partial charge on any atom is 0.472 e. The molecule has 0 saturated heterocycles. The number of unbranched alkanes of at least 4 members (excludes halogenated alkanes) is 36. The minimum Gasteiger partial charge on any atom is -0.462 e. The number of ether oxygens (including phenoxy) is 4. The molecule has 0 aromatic heterocycles. The van der Waals surface area contributed by atoms with Crippen molar-refractivity contribution in [1.82, 2.24) is 0 Å². The number of esters is 4. The molecule has 0 aliphatic carbocycles. The van der Waals surface area contributed by atoms with E-state index in [0.717, 1.165) is 121 Å². The minimum absolute atomic E-state index is 0.0837. The number of phosphoric ester groups is 2. The summed E-state index contributed by atoms with van der Waals surface area (Å²) in [6, 6.07) is 0. The molecule has 0 aliphatic rings. The largest absolute Gasteiger partial charge is 0.472 e. The van der Waals surface area contributed by atoms with Gasteiger partial charge in [0.1, 0.15) is 19.3 Å². The van der Waals surface area contributed by atoms with Crippen molar-refractivity contribution < 1.29 is 80.2 Å². The number of carbonyl (C=O) groups is 4. The zero-order chi connectivity index (χ0) is 70.1. The van der Waals surface area contributed by atoms with Crippen LogP contribution in [0.1, 0.15) is 363 Å². The van der Waals surface area contributed by atoms with Crippen molar-refractivity contribution in [3.63, 3.8) is 0 Å². The lowest BCUT2D eigenvalue weighted by atomic mass is 9.99. The lowest BCUT2D eigenvalue weighted by Gasteiger charge is -2.21. The topological polar surface area (TPSA) is 237 Å². The van der Waals surface area contributed by atoms with E-state index in [2.05, 4.69) is 72.8 Å². The fourth-order valence-electron chi connectivity index (χ4n) is 11.0. The van der Waals surface area contributed by atoms with Crippen molar-refractivity contribution in [2.24, 2.45) is 17.8 Å². The molecule has 0 fully saturated rings. The highest BCUT2D eigenvalue weighted by atomic mass is 31.2. The number of carbonyl (C=O) groups excluding carboxylic acids is 4. The summed E-state index contributed by atoms with van der Waals surface area (Å²) in [6.45, 7) is 11.8. The van der Waals surface area contributed by atoms with Gasteiger partial charge in [0, 0.05) is 25.7 Å². The average molecular weight is 1390 g/mol. The predicted octanol–water partition coefficient (Wildman–Crippen LogP) is 21.7. The second-order valence-electron chi connectivity index (χ2n) is 27.9. The SMILES string of the molecule is CCCCCC/C=C\C=C/CCCCCCCC(=O)O[C@H](COC(=O)CCCCCCCCC(C)C)COP(=O)(O)OC[C@H](O)COP(=O)(O)OC[C@@H](COC(=O)CCCCCCCCCCCCC(C)CC)OC(=O)CCCCCCCCCCCCCCCCC(C)C. The van der Waals surface area contributed by atoms with E-state index in [-0.39, 0.29) is 25.7 Å². The Morgan fingerprint density at radius 3 is 0.937 bits per heavy atom. The van der Waals surface area contributed by atoms with Gasteiger partial charge in [0.05, 0.1) is 26.4 Å². The number of aliphatic hydroxyl groups excluding tert-OH is 1. The van der Waals surface area contributed by atoms with Gasteiger partial charge in [-0.1, -0.05) is 310 Å². The van der Waals surface area contributed by atoms with Crippen LogP contribution in [0.4, 0.5) is 0 Å². The Morgan fingerprint density at radius 2 is 0.621 bits per heavy atom. The molecule has 0 rings (SSSR count). The van der Waals surface area contributed by atoms with Crippen LogP contribution in [0.3, 0.4) is 0 Å². The number of hydrogen-bond acceptors (Lipinski definition) is 15. The molecule has 3 N–H and O–H groups in total. The first-order valence-electron chi connectivity index (χ1n) is 38.7. The van der Waals surface area contributed by atoms with Crippen LogP contribution in [-0.4, -0.2) is 96.7 Å². The van der Waals surface area contributed by atoms with Gasteiger partial charge in [0.25, 0.3) is 0 Å². The van der Waals surface area contributed by atoms with E-state index in [0.29, 0.717) is 31.6 Å². The summed E-state index contributed by atoms with van der Waals surface area (Å²) < 4.78 is 68.4. The first-order chi connectivity index (χ1) is 45.8. The zero-order valence-corrected chi connectivity index (χ0v) is 63.4. The molecular formula is C76H144O17P2. The Kier molecular flexibility index (Phi) is 64.4. The molecular weight excluding hydrogens is 1250 g/mol. The number of allylic oxidation sites excluding steroid dienone is 4. The van der Waals surface area contributed by atoms with Gasteiger partial charge in [0.15, 0.2) is 12.2 Å². The summed E-state index contributed by atoms with van der Waals surface area (Å²) in [4.78, 5) is 72.8. The molecule has 19 heteroatoms. The highest BCUT2D eigenvalue weighted by Crippen LogP contribution is 2.45. The van der Waals surface area contributed by atoms with Gasteiger partial charge in [0.2, 0.25) is 0 Å². The normalized spacial score (nSPS) is 14.5. The second-order valence-corrected chi connectivity index (χ2v) is 30.8. The van der Waals surface area contributed by atoms with E-state index >= 15 is 0 Å². The third-order valence-corrected chi connectivity index (χ3v) is 19.3. The van der Waals surface area contributed by atoms with Crippen molar-refractivity contribution in [3.05, 3.63) is 24.3 Å². The summed E-state index contributed by atoms with van der Waals surface area (Å²) >= 11 is 0. The third kappa shape index (κ3) is 68.5. The molecule has 0 aromatic rings. The van der Waals surface area contributed by atoms with Crippen LogP contribution in [0, 0.1) is 17.8 Å². The quantitative estimate of drug-likeness (QED) is 0.0169. The maximum absolute atomic E-state index is 13.1. The van der Waals surface area contributed by atoms with E-state index in [1.54, 1.807) is 0 Å². The van der Waals surface area contributed by atoms with E-state index in [9.17, 15) is 43.2 Å². The highest BCUT2D eigenvalue weighted by Gasteiger charge is 2.30. The summed E-state index contributed by atoms with van der Waals surface area (Å²) in [7, 11) is -9.92. The molecule has 0 radical (unpaired) electrons. The standard InChI is InChI=1S/C76H144O17P2/c1-8-10-11-12-13-14-15-16-17-21-24-31-36-45-52-60-76(81)93-72(64-87-74(79)58-51-44-39-38-41-48-55-68(5)6)66-91-95(84,85)89-62-70(77)61-88-94(82,83)90-65-71(63-86-73(78)57-50-43-35-30-27-26-29-34-42-49-56-69(7)9-2)92-75(80)59-53-46-37-32-25-22-19-18-20-23-28-33-40-47-54-67(3)4/h14-17,67-72,77H,8-13,18-66H2,1-7H3,(H,82,83)(H,84,85)/b15-14-,17-16-/t69?,70-,71-,72-/m1/s1. The lowest BCUT2D eigenvalue weighted by Crippen LogP contribution is -2.30. The molecule has 560 valence electrons. The Labute approximate surface area is 580 Å². The van der Waals surface area contributed by atoms with Gasteiger partial charge < -0.3 is 33.8 Å². The van der Waals surface area contributed by atoms with Crippen molar-refractivity contribution >= 4 is 39.5 Å². The molecule has 0 saturated carbocycles. The number of phosphoric acid groups is 2. The lowest BCUT2D eigenvalue weighted by molar-refractivity contribution is -0.161. The smallest absolute Gasteiger partial charge is 0.462 e. The summed E-state index contributed by atoms with van der Waals surface area (Å²) in [5.74, 6) is 0.127. The molecule has 6 atom stereocenters. The Balaban J connectivity index is 5.28. The first-order valence-corrected chi connectivity index (χ1v) is 41.7. The van der Waals surface area contributed by atoms with Crippen LogP contribution < -0.4 is 0 Å². The van der Waals surface area contributed by atoms with Crippen molar-refractivity contribution in [1.29, 1.82) is 0 Å². The van der Waals surface area contributed by atoms with E-state index < -0.39 is 97.5 Å². The van der Waals surface area contributed by atoms with Gasteiger partial charge in [-0.3, -0.25) is 37.3 Å². The van der Waals surface area contributed by atoms with Gasteiger partial charge in [-0.25, -0.2) is 9.13 Å². The van der Waals surface area contributed by atoms with Crippen LogP contribution >= 0.6 is 15.6 Å². The van der Waals surface area contributed by atoms with Crippen LogP contribution in [0.2, 0.25) is 0 Å². The molecule has 0 aliphatic heterocycles. The van der Waals surface area contributed by atoms with E-state index in [4.69, 9.17) is 37.0 Å². The Morgan fingerprint density at radius 1 is 0.347 bits per heavy atom. The Bertz CT molecular complexity index is 1950. The molecule has 95 heavy (non-hydrogen) atoms. The fraction of sp³-hybridized carbons (Fsp3) is 0.895. The predicted molar refractivity (Wildman–Crippen MR) is 386 cm³/mol. The average Bonchev–Trinajstić information content (AvgIpc) is 1.69. The molecule has 17 nitrogen and oxygen atoms in total. The second kappa shape index (κ2) is 66.1. The Hall–Kier alpha value is -2.46. The zero-order valence-electron chi connectivity index (χ0n) is 61.6. The highest BCUT2D eigenvalue weighted by molar-refractivity contribution is 7.47. The molecule has 0 spiro atoms. The first kappa shape index (κ1) is 92.5. The molecule has 0 bridgehead atoms. The summed E-state index contributed by atoms with van der Waals surface area (Å²) in [6.07, 6.45) is 55.0. The van der Waals surface area contributed by atoms with Gasteiger partial charge in [-0.05, 0) is 69.1 Å². The van der Waals surface area contributed by atoms with Crippen molar-refractivity contribution in [2.75, 3.05) is 39.6 Å². The van der Waals surface area contributed by atoms with E-state index in [1.165, 1.54) is 154 Å².